The third-order valence-electron chi connectivity index (χ3n) is 4.55. The Labute approximate surface area is 99.8 Å². The first-order chi connectivity index (χ1) is 7.72. The van der Waals surface area contributed by atoms with Crippen LogP contribution >= 0.6 is 0 Å². The summed E-state index contributed by atoms with van der Waals surface area (Å²) in [4.78, 5) is 0. The van der Waals surface area contributed by atoms with Crippen molar-refractivity contribution in [1.82, 2.24) is 5.32 Å². The molecule has 94 valence electrons. The van der Waals surface area contributed by atoms with Crippen LogP contribution in [0, 0.1) is 5.92 Å². The van der Waals surface area contributed by atoms with Gasteiger partial charge >= 0.3 is 0 Å². The van der Waals surface area contributed by atoms with E-state index in [0.717, 1.165) is 44.6 Å². The Morgan fingerprint density at radius 3 is 2.31 bits per heavy atom. The van der Waals surface area contributed by atoms with Crippen molar-refractivity contribution in [3.05, 3.63) is 0 Å². The molecule has 2 aliphatic carbocycles. The zero-order chi connectivity index (χ0) is 11.4. The highest BCUT2D eigenvalue weighted by Crippen LogP contribution is 2.38. The van der Waals surface area contributed by atoms with Crippen LogP contribution in [0.2, 0.25) is 0 Å². The fourth-order valence-electron chi connectivity index (χ4n) is 3.60. The summed E-state index contributed by atoms with van der Waals surface area (Å²) < 4.78 is 0. The van der Waals surface area contributed by atoms with E-state index >= 15 is 0 Å². The Morgan fingerprint density at radius 2 is 1.75 bits per heavy atom. The van der Waals surface area contributed by atoms with E-state index in [2.05, 4.69) is 12.2 Å². The summed E-state index contributed by atoms with van der Waals surface area (Å²) in [6.45, 7) is 3.23. The molecule has 2 aliphatic rings. The number of hydrogen-bond donors (Lipinski definition) is 2. The van der Waals surface area contributed by atoms with Gasteiger partial charge in [-0.05, 0) is 44.6 Å². The van der Waals surface area contributed by atoms with Crippen molar-refractivity contribution >= 4 is 0 Å². The largest absolute Gasteiger partial charge is 0.390 e. The van der Waals surface area contributed by atoms with E-state index in [1.807, 2.05) is 0 Å². The van der Waals surface area contributed by atoms with Gasteiger partial charge in [-0.1, -0.05) is 32.6 Å². The standard InChI is InChI=1S/C14H27NO/c1-2-15-13-7-9-14(16,10-8-13)11-12-5-3-4-6-12/h12-13,15-16H,2-11H2,1H3. The maximum absolute atomic E-state index is 10.6. The van der Waals surface area contributed by atoms with Gasteiger partial charge in [0, 0.05) is 6.04 Å². The maximum Gasteiger partial charge on any atom is 0.0651 e. The van der Waals surface area contributed by atoms with E-state index in [1.54, 1.807) is 0 Å². The minimum absolute atomic E-state index is 0.319. The van der Waals surface area contributed by atoms with Gasteiger partial charge < -0.3 is 10.4 Å². The quantitative estimate of drug-likeness (QED) is 0.771. The summed E-state index contributed by atoms with van der Waals surface area (Å²) in [5, 5.41) is 14.1. The third kappa shape index (κ3) is 3.21. The number of aliphatic hydroxyl groups is 1. The number of hydrogen-bond acceptors (Lipinski definition) is 2. The molecular formula is C14H27NO. The molecule has 0 aliphatic heterocycles. The number of nitrogens with one attached hydrogen (secondary N) is 1. The molecule has 2 N–H and O–H groups in total. The molecular weight excluding hydrogens is 198 g/mol. The van der Waals surface area contributed by atoms with Crippen LogP contribution < -0.4 is 5.32 Å². The second kappa shape index (κ2) is 5.50. The average molecular weight is 225 g/mol. The smallest absolute Gasteiger partial charge is 0.0651 e. The Morgan fingerprint density at radius 1 is 1.12 bits per heavy atom. The fourth-order valence-corrected chi connectivity index (χ4v) is 3.60. The van der Waals surface area contributed by atoms with Gasteiger partial charge in [0.05, 0.1) is 5.60 Å². The topological polar surface area (TPSA) is 32.3 Å². The zero-order valence-corrected chi connectivity index (χ0v) is 10.7. The lowest BCUT2D eigenvalue weighted by Gasteiger charge is -2.38. The monoisotopic (exact) mass is 225 g/mol. The molecule has 0 bridgehead atoms. The first kappa shape index (κ1) is 12.4. The summed E-state index contributed by atoms with van der Waals surface area (Å²) in [5.74, 6) is 0.820. The molecule has 2 nitrogen and oxygen atoms in total. The second-order valence-corrected chi connectivity index (χ2v) is 5.91. The summed E-state index contributed by atoms with van der Waals surface area (Å²) in [6.07, 6.45) is 10.9. The van der Waals surface area contributed by atoms with E-state index in [1.165, 1.54) is 25.7 Å². The highest BCUT2D eigenvalue weighted by atomic mass is 16.3. The van der Waals surface area contributed by atoms with Crippen LogP contribution in [-0.4, -0.2) is 23.3 Å². The third-order valence-corrected chi connectivity index (χ3v) is 4.55. The predicted molar refractivity (Wildman–Crippen MR) is 67.5 cm³/mol. The predicted octanol–water partition coefficient (Wildman–Crippen LogP) is 2.85. The molecule has 0 aromatic carbocycles. The molecule has 2 heteroatoms. The molecule has 2 fully saturated rings. The van der Waals surface area contributed by atoms with Gasteiger partial charge in [-0.2, -0.15) is 0 Å². The minimum Gasteiger partial charge on any atom is -0.390 e. The van der Waals surface area contributed by atoms with Crippen molar-refractivity contribution in [1.29, 1.82) is 0 Å². The lowest BCUT2D eigenvalue weighted by Crippen LogP contribution is -2.42. The first-order valence-corrected chi connectivity index (χ1v) is 7.17. The Kier molecular flexibility index (Phi) is 4.26. The van der Waals surface area contributed by atoms with Gasteiger partial charge in [0.15, 0.2) is 0 Å². The van der Waals surface area contributed by atoms with E-state index < -0.39 is 0 Å². The average Bonchev–Trinajstić information content (AvgIpc) is 2.74. The van der Waals surface area contributed by atoms with Crippen molar-refractivity contribution in [3.8, 4) is 0 Å². The van der Waals surface area contributed by atoms with Crippen LogP contribution in [0.1, 0.15) is 64.7 Å². The molecule has 0 aromatic heterocycles. The lowest BCUT2D eigenvalue weighted by molar-refractivity contribution is -0.0234. The van der Waals surface area contributed by atoms with Crippen LogP contribution in [0.25, 0.3) is 0 Å². The van der Waals surface area contributed by atoms with E-state index in [4.69, 9.17) is 0 Å². The highest BCUT2D eigenvalue weighted by molar-refractivity contribution is 4.90. The van der Waals surface area contributed by atoms with E-state index in [9.17, 15) is 5.11 Å². The molecule has 0 heterocycles. The Bertz CT molecular complexity index is 203. The molecule has 16 heavy (non-hydrogen) atoms. The van der Waals surface area contributed by atoms with Crippen molar-refractivity contribution in [3.63, 3.8) is 0 Å². The van der Waals surface area contributed by atoms with Crippen LogP contribution in [-0.2, 0) is 0 Å². The maximum atomic E-state index is 10.6. The summed E-state index contributed by atoms with van der Waals surface area (Å²) in [5.41, 5.74) is -0.319. The van der Waals surface area contributed by atoms with E-state index in [-0.39, 0.29) is 5.60 Å². The highest BCUT2D eigenvalue weighted by Gasteiger charge is 2.35. The van der Waals surface area contributed by atoms with Crippen LogP contribution in [0.4, 0.5) is 0 Å². The Balaban J connectivity index is 1.76. The molecule has 0 unspecified atom stereocenters. The normalized spacial score (nSPS) is 36.8. The fraction of sp³-hybridized carbons (Fsp3) is 1.00. The van der Waals surface area contributed by atoms with Crippen LogP contribution in [0.15, 0.2) is 0 Å². The minimum atomic E-state index is -0.319. The SMILES string of the molecule is CCNC1CCC(O)(CC2CCCC2)CC1. The van der Waals surface area contributed by atoms with E-state index in [0.29, 0.717) is 6.04 Å². The van der Waals surface area contributed by atoms with Crippen molar-refractivity contribution in [2.24, 2.45) is 5.92 Å². The molecule has 0 spiro atoms. The molecule has 0 radical (unpaired) electrons. The van der Waals surface area contributed by atoms with Gasteiger partial charge in [0.25, 0.3) is 0 Å². The van der Waals surface area contributed by atoms with Gasteiger partial charge in [0.1, 0.15) is 0 Å². The molecule has 0 amide bonds. The van der Waals surface area contributed by atoms with Gasteiger partial charge in [-0.25, -0.2) is 0 Å². The van der Waals surface area contributed by atoms with Crippen molar-refractivity contribution < 1.29 is 5.11 Å². The molecule has 0 aromatic rings. The Hall–Kier alpha value is -0.0800. The van der Waals surface area contributed by atoms with Gasteiger partial charge in [-0.15, -0.1) is 0 Å². The first-order valence-electron chi connectivity index (χ1n) is 7.17. The van der Waals surface area contributed by atoms with Crippen molar-refractivity contribution in [2.45, 2.75) is 76.4 Å². The summed E-state index contributed by atoms with van der Waals surface area (Å²) in [6, 6.07) is 0.661. The van der Waals surface area contributed by atoms with Crippen LogP contribution in [0.3, 0.4) is 0 Å². The number of rotatable bonds is 4. The zero-order valence-electron chi connectivity index (χ0n) is 10.7. The van der Waals surface area contributed by atoms with Gasteiger partial charge in [0.2, 0.25) is 0 Å². The summed E-state index contributed by atoms with van der Waals surface area (Å²) >= 11 is 0. The lowest BCUT2D eigenvalue weighted by atomic mass is 9.76. The molecule has 0 atom stereocenters. The molecule has 2 saturated carbocycles. The molecule has 0 saturated heterocycles. The van der Waals surface area contributed by atoms with Crippen molar-refractivity contribution in [2.75, 3.05) is 6.54 Å². The van der Waals surface area contributed by atoms with Crippen LogP contribution in [0.5, 0.6) is 0 Å². The molecule has 2 rings (SSSR count). The second-order valence-electron chi connectivity index (χ2n) is 5.91. The van der Waals surface area contributed by atoms with Gasteiger partial charge in [-0.3, -0.25) is 0 Å². The summed E-state index contributed by atoms with van der Waals surface area (Å²) in [7, 11) is 0.